The maximum atomic E-state index is 7.00. The summed E-state index contributed by atoms with van der Waals surface area (Å²) in [6, 6.07) is 18.0. The molecule has 1 nitrogen and oxygen atoms in total. The molecule has 2 aromatic rings. The van der Waals surface area contributed by atoms with Gasteiger partial charge in [0.2, 0.25) is 0 Å². The van der Waals surface area contributed by atoms with Crippen molar-refractivity contribution in [2.45, 2.75) is 59.4 Å². The number of benzene rings is 2. The molecule has 2 rings (SSSR count). The summed E-state index contributed by atoms with van der Waals surface area (Å²) < 4.78 is 0. The molecule has 2 aromatic carbocycles. The van der Waals surface area contributed by atoms with Crippen molar-refractivity contribution in [3.8, 4) is 0 Å². The van der Waals surface area contributed by atoms with Gasteiger partial charge in [0, 0.05) is 0 Å². The molecule has 0 atom stereocenters. The van der Waals surface area contributed by atoms with Crippen molar-refractivity contribution in [2.24, 2.45) is 5.73 Å². The largest absolute Gasteiger partial charge is 0.320 e. The Hall–Kier alpha value is -0.740. The summed E-state index contributed by atoms with van der Waals surface area (Å²) in [7, 11) is -0.225. The van der Waals surface area contributed by atoms with Crippen molar-refractivity contribution in [1.29, 1.82) is 0 Å². The van der Waals surface area contributed by atoms with E-state index >= 15 is 0 Å². The maximum Gasteiger partial charge on any atom is 0.0564 e. The second-order valence-corrected chi connectivity index (χ2v) is 12.5. The van der Waals surface area contributed by atoms with Crippen LogP contribution in [0.5, 0.6) is 0 Å². The highest BCUT2D eigenvalue weighted by molar-refractivity contribution is 7.66. The normalized spacial score (nSPS) is 11.7. The fourth-order valence-electron chi connectivity index (χ4n) is 4.03. The zero-order valence-corrected chi connectivity index (χ0v) is 20.1. The van der Waals surface area contributed by atoms with Crippen LogP contribution in [-0.4, -0.2) is 24.6 Å². The molecule has 0 unspecified atom stereocenters. The van der Waals surface area contributed by atoms with Gasteiger partial charge >= 0.3 is 0 Å². The van der Waals surface area contributed by atoms with E-state index < -0.39 is 0 Å². The molecule has 154 valence electrons. The predicted molar refractivity (Wildman–Crippen MR) is 133 cm³/mol. The highest BCUT2D eigenvalue weighted by atomic mass is 31.1. The zero-order valence-electron chi connectivity index (χ0n) is 18.3. The Balaban J connectivity index is 2.46. The van der Waals surface area contributed by atoms with E-state index in [1.54, 1.807) is 10.6 Å². The highest BCUT2D eigenvalue weighted by Crippen LogP contribution is 2.41. The first kappa shape index (κ1) is 23.5. The van der Waals surface area contributed by atoms with Crippen molar-refractivity contribution in [1.82, 2.24) is 0 Å². The van der Waals surface area contributed by atoms with Crippen LogP contribution < -0.4 is 16.3 Å². The number of hydrogen-bond donors (Lipinski definition) is 1. The minimum Gasteiger partial charge on any atom is -0.320 e. The van der Waals surface area contributed by atoms with Gasteiger partial charge in [0.15, 0.2) is 0 Å². The lowest BCUT2D eigenvalue weighted by molar-refractivity contribution is 0.883. The van der Waals surface area contributed by atoms with E-state index in [2.05, 4.69) is 76.2 Å². The van der Waals surface area contributed by atoms with Gasteiger partial charge in [0.25, 0.3) is 0 Å². The van der Waals surface area contributed by atoms with Gasteiger partial charge in [0.05, 0.1) is 6.04 Å². The molecule has 0 saturated heterocycles. The lowest BCUT2D eigenvalue weighted by atomic mass is 9.99. The van der Waals surface area contributed by atoms with Crippen molar-refractivity contribution < 1.29 is 0 Å². The maximum absolute atomic E-state index is 7.00. The van der Waals surface area contributed by atoms with Crippen molar-refractivity contribution in [3.05, 3.63) is 59.7 Å². The molecular weight excluding hydrogens is 376 g/mol. The lowest BCUT2D eigenvalue weighted by Gasteiger charge is -2.27. The van der Waals surface area contributed by atoms with E-state index in [0.29, 0.717) is 0 Å². The van der Waals surface area contributed by atoms with Gasteiger partial charge in [-0.3, -0.25) is 0 Å². The van der Waals surface area contributed by atoms with E-state index in [-0.39, 0.29) is 21.9 Å². The van der Waals surface area contributed by atoms with Gasteiger partial charge in [-0.05, 0) is 46.4 Å². The molecule has 0 saturated carbocycles. The van der Waals surface area contributed by atoms with Crippen LogP contribution >= 0.6 is 15.8 Å². The first-order chi connectivity index (χ1) is 13.7. The molecular formula is C25H39NP2. The highest BCUT2D eigenvalue weighted by Gasteiger charge is 2.22. The minimum absolute atomic E-state index is 0.00942. The fraction of sp³-hybridized carbons (Fsp3) is 0.520. The summed E-state index contributed by atoms with van der Waals surface area (Å²) >= 11 is 0. The molecule has 0 fully saturated rings. The van der Waals surface area contributed by atoms with E-state index in [1.807, 2.05) is 0 Å². The van der Waals surface area contributed by atoms with Crippen LogP contribution in [0.4, 0.5) is 0 Å². The van der Waals surface area contributed by atoms with Crippen LogP contribution in [0.1, 0.15) is 70.5 Å². The second kappa shape index (κ2) is 12.7. The first-order valence-electron chi connectivity index (χ1n) is 11.1. The Morgan fingerprint density at radius 2 is 0.929 bits per heavy atom. The summed E-state index contributed by atoms with van der Waals surface area (Å²) in [5.41, 5.74) is 9.73. The molecule has 3 heteroatoms. The van der Waals surface area contributed by atoms with Gasteiger partial charge in [-0.15, -0.1) is 0 Å². The van der Waals surface area contributed by atoms with Crippen molar-refractivity contribution in [2.75, 3.05) is 24.6 Å². The van der Waals surface area contributed by atoms with Gasteiger partial charge in [0.1, 0.15) is 0 Å². The third-order valence-electron chi connectivity index (χ3n) is 5.20. The molecule has 0 aromatic heterocycles. The predicted octanol–water partition coefficient (Wildman–Crippen LogP) is 6.59. The quantitative estimate of drug-likeness (QED) is 0.389. The smallest absolute Gasteiger partial charge is 0.0564 e. The summed E-state index contributed by atoms with van der Waals surface area (Å²) in [4.78, 5) is 0. The monoisotopic (exact) mass is 415 g/mol. The van der Waals surface area contributed by atoms with E-state index in [9.17, 15) is 0 Å². The first-order valence-corrected chi connectivity index (χ1v) is 14.5. The van der Waals surface area contributed by atoms with Crippen molar-refractivity contribution >= 4 is 26.5 Å². The molecule has 2 N–H and O–H groups in total. The minimum atomic E-state index is -0.113. The van der Waals surface area contributed by atoms with E-state index in [1.165, 1.54) is 61.5 Å². The Morgan fingerprint density at radius 3 is 1.25 bits per heavy atom. The van der Waals surface area contributed by atoms with Crippen LogP contribution in [0.25, 0.3) is 0 Å². The van der Waals surface area contributed by atoms with Gasteiger partial charge < -0.3 is 5.73 Å². The van der Waals surface area contributed by atoms with Gasteiger partial charge in [-0.25, -0.2) is 0 Å². The number of hydrogen-bond acceptors (Lipinski definition) is 1. The fourth-order valence-corrected chi connectivity index (χ4v) is 9.35. The second-order valence-electron chi connectivity index (χ2n) is 7.57. The topological polar surface area (TPSA) is 26.0 Å². The van der Waals surface area contributed by atoms with Crippen LogP contribution in [-0.2, 0) is 0 Å². The Bertz CT molecular complexity index is 629. The van der Waals surface area contributed by atoms with Crippen LogP contribution in [0, 0.1) is 0 Å². The molecule has 0 radical (unpaired) electrons. The third-order valence-corrected chi connectivity index (χ3v) is 11.3. The molecule has 0 heterocycles. The SMILES string of the molecule is CCCP(CCC)c1ccccc1C(N)c1ccccc1P(CCC)CCC. The molecule has 0 aliphatic rings. The third kappa shape index (κ3) is 6.13. The molecule has 0 aliphatic carbocycles. The van der Waals surface area contributed by atoms with Gasteiger partial charge in [-0.2, -0.15) is 0 Å². The zero-order chi connectivity index (χ0) is 20.4. The molecule has 0 aliphatic heterocycles. The Labute approximate surface area is 176 Å². The van der Waals surface area contributed by atoms with E-state index in [4.69, 9.17) is 5.73 Å². The average molecular weight is 416 g/mol. The Morgan fingerprint density at radius 1 is 0.607 bits per heavy atom. The number of nitrogens with two attached hydrogens (primary N) is 1. The average Bonchev–Trinajstić information content (AvgIpc) is 2.73. The number of rotatable bonds is 12. The molecule has 0 bridgehead atoms. The summed E-state index contributed by atoms with van der Waals surface area (Å²) in [5, 5.41) is 3.08. The van der Waals surface area contributed by atoms with Crippen LogP contribution in [0.2, 0.25) is 0 Å². The molecule has 0 amide bonds. The van der Waals surface area contributed by atoms with Crippen LogP contribution in [0.15, 0.2) is 48.5 Å². The lowest BCUT2D eigenvalue weighted by Crippen LogP contribution is -2.26. The van der Waals surface area contributed by atoms with E-state index in [0.717, 1.165) is 0 Å². The Kier molecular flexibility index (Phi) is 10.7. The molecule has 28 heavy (non-hydrogen) atoms. The van der Waals surface area contributed by atoms with Gasteiger partial charge in [-0.1, -0.05) is 118 Å². The summed E-state index contributed by atoms with van der Waals surface area (Å²) in [5.74, 6) is 0. The van der Waals surface area contributed by atoms with Crippen molar-refractivity contribution in [3.63, 3.8) is 0 Å². The summed E-state index contributed by atoms with van der Waals surface area (Å²) in [6.45, 7) is 9.24. The standard InChI is InChI=1S/C25H39NP2/c1-5-17-27(18-6-2)23-15-11-9-13-21(23)25(26)22-14-10-12-16-24(22)28(19-7-3)20-8-4/h9-16,25H,5-8,17-20,26H2,1-4H3. The van der Waals surface area contributed by atoms with Crippen LogP contribution in [0.3, 0.4) is 0 Å². The molecule has 0 spiro atoms. The summed E-state index contributed by atoms with van der Waals surface area (Å²) in [6.07, 6.45) is 10.3.